The smallest absolute Gasteiger partial charge is 0.342 e. The van der Waals surface area contributed by atoms with Crippen LogP contribution in [0.2, 0.25) is 0 Å². The number of amides is 1. The van der Waals surface area contributed by atoms with E-state index in [9.17, 15) is 18.0 Å². The van der Waals surface area contributed by atoms with E-state index in [1.807, 2.05) is 30.5 Å². The van der Waals surface area contributed by atoms with Crippen molar-refractivity contribution in [1.82, 2.24) is 30.0 Å². The molecule has 0 radical (unpaired) electrons. The second-order valence-electron chi connectivity index (χ2n) is 7.41. The molecule has 0 aliphatic heterocycles. The Labute approximate surface area is 191 Å². The maximum Gasteiger partial charge on any atom is 0.417 e. The molecule has 1 atom stereocenters. The number of nitrogens with one attached hydrogen (secondary N) is 2. The summed E-state index contributed by atoms with van der Waals surface area (Å²) in [6.45, 7) is 1.67. The number of nitrogens with zero attached hydrogens (tertiary/aromatic N) is 4. The molecule has 0 unspecified atom stereocenters. The first-order chi connectivity index (χ1) is 15.8. The van der Waals surface area contributed by atoms with Gasteiger partial charge in [-0.25, -0.2) is 14.6 Å². The van der Waals surface area contributed by atoms with Gasteiger partial charge in [-0.05, 0) is 49.6 Å². The van der Waals surface area contributed by atoms with Crippen LogP contribution in [0.25, 0.3) is 16.9 Å². The lowest BCUT2D eigenvalue weighted by atomic mass is 10.1. The number of halogens is 3. The summed E-state index contributed by atoms with van der Waals surface area (Å²) in [5, 5.41) is 7.17. The van der Waals surface area contributed by atoms with Gasteiger partial charge in [-0.1, -0.05) is 12.1 Å². The lowest BCUT2D eigenvalue weighted by Gasteiger charge is -2.16. The van der Waals surface area contributed by atoms with E-state index in [1.165, 1.54) is 16.9 Å². The molecular weight excluding hydrogens is 453 g/mol. The van der Waals surface area contributed by atoms with E-state index in [-0.39, 0.29) is 17.8 Å². The molecule has 3 heterocycles. The van der Waals surface area contributed by atoms with Crippen LogP contribution in [0.3, 0.4) is 0 Å². The highest BCUT2D eigenvalue weighted by atomic mass is 32.2. The fourth-order valence-corrected chi connectivity index (χ4v) is 3.90. The van der Waals surface area contributed by atoms with Crippen molar-refractivity contribution in [3.8, 4) is 5.82 Å². The van der Waals surface area contributed by atoms with E-state index >= 15 is 0 Å². The number of alkyl halides is 3. The van der Waals surface area contributed by atoms with E-state index in [4.69, 9.17) is 0 Å². The number of hydrogen-bond donors (Lipinski definition) is 2. The Balaban J connectivity index is 1.57. The van der Waals surface area contributed by atoms with Crippen molar-refractivity contribution in [2.45, 2.75) is 25.6 Å². The molecule has 3 aromatic heterocycles. The van der Waals surface area contributed by atoms with E-state index in [0.29, 0.717) is 23.5 Å². The maximum atomic E-state index is 13.1. The molecule has 0 saturated carbocycles. The summed E-state index contributed by atoms with van der Waals surface area (Å²) in [6.07, 6.45) is 0.311. The summed E-state index contributed by atoms with van der Waals surface area (Å²) in [6, 6.07) is 9.44. The highest BCUT2D eigenvalue weighted by Gasteiger charge is 2.31. The zero-order chi connectivity index (χ0) is 23.6. The number of aromatic amines is 1. The Morgan fingerprint density at radius 3 is 2.67 bits per heavy atom. The van der Waals surface area contributed by atoms with Crippen molar-refractivity contribution >= 4 is 28.7 Å². The number of imidazole rings is 1. The van der Waals surface area contributed by atoms with Crippen LogP contribution in [0.15, 0.2) is 48.8 Å². The molecule has 33 heavy (non-hydrogen) atoms. The van der Waals surface area contributed by atoms with Gasteiger partial charge in [0.05, 0.1) is 40.1 Å². The van der Waals surface area contributed by atoms with Gasteiger partial charge in [-0.2, -0.15) is 30.0 Å². The average molecular weight is 475 g/mol. The third kappa shape index (κ3) is 4.87. The van der Waals surface area contributed by atoms with Gasteiger partial charge in [0.25, 0.3) is 5.91 Å². The summed E-state index contributed by atoms with van der Waals surface area (Å²) in [7, 11) is 0. The van der Waals surface area contributed by atoms with Crippen molar-refractivity contribution in [3.05, 3.63) is 71.4 Å². The Kier molecular flexibility index (Phi) is 6.41. The van der Waals surface area contributed by atoms with Crippen LogP contribution in [0.1, 0.15) is 39.9 Å². The Morgan fingerprint density at radius 1 is 1.21 bits per heavy atom. The predicted molar refractivity (Wildman–Crippen MR) is 120 cm³/mol. The average Bonchev–Trinajstić information content (AvgIpc) is 3.39. The highest BCUT2D eigenvalue weighted by Crippen LogP contribution is 2.29. The molecule has 11 heteroatoms. The van der Waals surface area contributed by atoms with Crippen molar-refractivity contribution < 1.29 is 18.0 Å². The number of H-pyrrole nitrogens is 1. The van der Waals surface area contributed by atoms with Gasteiger partial charge in [0, 0.05) is 6.20 Å². The van der Waals surface area contributed by atoms with Crippen molar-refractivity contribution in [2.75, 3.05) is 12.0 Å². The molecule has 4 aromatic rings. The third-order valence-corrected chi connectivity index (χ3v) is 5.84. The maximum absolute atomic E-state index is 13.1. The third-order valence-electron chi connectivity index (χ3n) is 5.20. The van der Waals surface area contributed by atoms with Crippen LogP contribution in [-0.2, 0) is 6.18 Å². The van der Waals surface area contributed by atoms with Crippen LogP contribution < -0.4 is 5.32 Å². The topological polar surface area (TPSA) is 88.5 Å². The number of para-hydroxylation sites is 2. The molecule has 0 saturated heterocycles. The number of pyridine rings is 1. The molecule has 0 aliphatic carbocycles. The Morgan fingerprint density at radius 2 is 2.00 bits per heavy atom. The van der Waals surface area contributed by atoms with Crippen LogP contribution in [-0.4, -0.2) is 42.6 Å². The lowest BCUT2D eigenvalue weighted by Crippen LogP contribution is -2.30. The Bertz CT molecular complexity index is 1230. The van der Waals surface area contributed by atoms with E-state index in [1.54, 1.807) is 18.7 Å². The number of carbonyl (C=O) groups is 1. The monoisotopic (exact) mass is 474 g/mol. The molecule has 172 valence electrons. The minimum absolute atomic E-state index is 0.191. The molecule has 7 nitrogen and oxygen atoms in total. The molecule has 2 N–H and O–H groups in total. The standard InChI is InChI=1S/C22H21F3N6OS/c1-13-15(12-27-31(13)19-8-7-14(11-26-19)22(23,24)25)21(32)30-18(9-10-33-2)20-28-16-5-3-4-6-17(16)29-20/h3-8,11-12,18H,9-10H2,1-2H3,(H,28,29)(H,30,32)/t18-/m1/s1. The molecular formula is C22H21F3N6OS. The number of hydrogen-bond acceptors (Lipinski definition) is 5. The van der Waals surface area contributed by atoms with Gasteiger partial charge in [0.15, 0.2) is 5.82 Å². The van der Waals surface area contributed by atoms with Gasteiger partial charge >= 0.3 is 6.18 Å². The Hall–Kier alpha value is -3.34. The lowest BCUT2D eigenvalue weighted by molar-refractivity contribution is -0.137. The van der Waals surface area contributed by atoms with E-state index in [0.717, 1.165) is 29.0 Å². The van der Waals surface area contributed by atoms with Crippen molar-refractivity contribution in [3.63, 3.8) is 0 Å². The fourth-order valence-electron chi connectivity index (χ4n) is 3.43. The largest absolute Gasteiger partial charge is 0.417 e. The van der Waals surface area contributed by atoms with Gasteiger partial charge in [0.2, 0.25) is 0 Å². The summed E-state index contributed by atoms with van der Waals surface area (Å²) >= 11 is 1.66. The number of thioether (sulfide) groups is 1. The molecule has 0 fully saturated rings. The zero-order valence-corrected chi connectivity index (χ0v) is 18.7. The minimum Gasteiger partial charge on any atom is -0.342 e. The van der Waals surface area contributed by atoms with Gasteiger partial charge in [-0.3, -0.25) is 4.79 Å². The first-order valence-corrected chi connectivity index (χ1v) is 11.5. The van der Waals surface area contributed by atoms with Crippen molar-refractivity contribution in [1.29, 1.82) is 0 Å². The zero-order valence-electron chi connectivity index (χ0n) is 17.8. The second-order valence-corrected chi connectivity index (χ2v) is 8.39. The number of carbonyl (C=O) groups excluding carboxylic acids is 1. The van der Waals surface area contributed by atoms with Crippen LogP contribution in [0.5, 0.6) is 0 Å². The summed E-state index contributed by atoms with van der Waals surface area (Å²) < 4.78 is 39.8. The van der Waals surface area contributed by atoms with Gasteiger partial charge < -0.3 is 10.3 Å². The number of rotatable bonds is 7. The number of fused-ring (bicyclic) bond motifs is 1. The molecule has 1 aromatic carbocycles. The summed E-state index contributed by atoms with van der Waals surface area (Å²) in [5.74, 6) is 1.32. The first kappa shape index (κ1) is 22.8. The summed E-state index contributed by atoms with van der Waals surface area (Å²) in [5.41, 5.74) is 1.62. The molecule has 1 amide bonds. The molecule has 0 aliphatic rings. The van der Waals surface area contributed by atoms with Crippen LogP contribution >= 0.6 is 11.8 Å². The van der Waals surface area contributed by atoms with E-state index in [2.05, 4.69) is 25.4 Å². The van der Waals surface area contributed by atoms with Crippen molar-refractivity contribution in [2.24, 2.45) is 0 Å². The quantitative estimate of drug-likeness (QED) is 0.406. The molecule has 0 bridgehead atoms. The molecule has 4 rings (SSSR count). The predicted octanol–water partition coefficient (Wildman–Crippen LogP) is 4.70. The van der Waals surface area contributed by atoms with Crippen LogP contribution in [0, 0.1) is 6.92 Å². The van der Waals surface area contributed by atoms with Gasteiger partial charge in [-0.15, -0.1) is 0 Å². The number of aromatic nitrogens is 5. The number of benzene rings is 1. The molecule has 0 spiro atoms. The highest BCUT2D eigenvalue weighted by molar-refractivity contribution is 7.98. The fraction of sp³-hybridized carbons (Fsp3) is 0.273. The first-order valence-electron chi connectivity index (χ1n) is 10.1. The summed E-state index contributed by atoms with van der Waals surface area (Å²) in [4.78, 5) is 24.8. The second kappa shape index (κ2) is 9.26. The van der Waals surface area contributed by atoms with Crippen LogP contribution in [0.4, 0.5) is 13.2 Å². The van der Waals surface area contributed by atoms with Gasteiger partial charge in [0.1, 0.15) is 5.82 Å². The SMILES string of the molecule is CSCC[C@@H](NC(=O)c1cnn(-c2ccc(C(F)(F)F)cn2)c1C)c1nc2ccccc2[nH]1. The van der Waals surface area contributed by atoms with E-state index < -0.39 is 11.7 Å². The minimum atomic E-state index is -4.47. The normalized spacial score (nSPS) is 12.8.